The molecule has 4 nitrogen and oxygen atoms in total. The fourth-order valence-electron chi connectivity index (χ4n) is 1.53. The van der Waals surface area contributed by atoms with E-state index in [1.54, 1.807) is 6.92 Å². The molecule has 0 aliphatic carbocycles. The molecule has 1 rings (SSSR count). The Morgan fingerprint density at radius 2 is 2.12 bits per heavy atom. The van der Waals surface area contributed by atoms with Crippen molar-refractivity contribution in [2.24, 2.45) is 0 Å². The predicted molar refractivity (Wildman–Crippen MR) is 70.8 cm³/mol. The van der Waals surface area contributed by atoms with Crippen LogP contribution in [-0.4, -0.2) is 31.0 Å². The van der Waals surface area contributed by atoms with Gasteiger partial charge in [0.2, 0.25) is 0 Å². The zero-order valence-corrected chi connectivity index (χ0v) is 11.5. The van der Waals surface area contributed by atoms with Crippen LogP contribution in [0, 0.1) is 0 Å². The summed E-state index contributed by atoms with van der Waals surface area (Å²) >= 11 is 0. The molecule has 0 aliphatic rings. The SMILES string of the molecule is CCCNCc1ccn(CCS(=O)(=O)CC)c1. The lowest BCUT2D eigenvalue weighted by molar-refractivity contribution is 0.590. The van der Waals surface area contributed by atoms with Gasteiger partial charge in [-0.2, -0.15) is 0 Å². The number of hydrogen-bond acceptors (Lipinski definition) is 3. The quantitative estimate of drug-likeness (QED) is 0.718. The van der Waals surface area contributed by atoms with Crippen LogP contribution in [0.25, 0.3) is 0 Å². The molecule has 0 aromatic carbocycles. The Balaban J connectivity index is 2.40. The largest absolute Gasteiger partial charge is 0.353 e. The van der Waals surface area contributed by atoms with Gasteiger partial charge in [-0.15, -0.1) is 0 Å². The molecular formula is C12H22N2O2S. The summed E-state index contributed by atoms with van der Waals surface area (Å²) in [7, 11) is -2.87. The smallest absolute Gasteiger partial charge is 0.151 e. The average molecular weight is 258 g/mol. The Bertz CT molecular complexity index is 423. The lowest BCUT2D eigenvalue weighted by atomic mass is 10.3. The summed E-state index contributed by atoms with van der Waals surface area (Å²) in [5.74, 6) is 0.444. The maximum Gasteiger partial charge on any atom is 0.151 e. The first-order valence-electron chi connectivity index (χ1n) is 6.13. The van der Waals surface area contributed by atoms with Crippen molar-refractivity contribution >= 4 is 9.84 Å². The van der Waals surface area contributed by atoms with Crippen molar-refractivity contribution in [3.8, 4) is 0 Å². The average Bonchev–Trinajstić information content (AvgIpc) is 2.75. The van der Waals surface area contributed by atoms with Crippen LogP contribution in [0.2, 0.25) is 0 Å². The van der Waals surface area contributed by atoms with E-state index < -0.39 is 9.84 Å². The normalized spacial score (nSPS) is 11.9. The van der Waals surface area contributed by atoms with E-state index in [-0.39, 0.29) is 11.5 Å². The predicted octanol–water partition coefficient (Wildman–Crippen LogP) is 1.42. The van der Waals surface area contributed by atoms with Crippen molar-refractivity contribution in [3.63, 3.8) is 0 Å². The van der Waals surface area contributed by atoms with Gasteiger partial charge in [-0.1, -0.05) is 13.8 Å². The van der Waals surface area contributed by atoms with E-state index in [0.717, 1.165) is 19.5 Å². The molecule has 0 radical (unpaired) electrons. The third-order valence-electron chi connectivity index (χ3n) is 2.67. The molecule has 1 N–H and O–H groups in total. The Hall–Kier alpha value is -0.810. The van der Waals surface area contributed by atoms with Crippen molar-refractivity contribution in [2.75, 3.05) is 18.1 Å². The van der Waals surface area contributed by atoms with Gasteiger partial charge in [0, 0.05) is 31.2 Å². The van der Waals surface area contributed by atoms with E-state index in [1.165, 1.54) is 5.56 Å². The van der Waals surface area contributed by atoms with Crippen LogP contribution in [0.3, 0.4) is 0 Å². The van der Waals surface area contributed by atoms with Crippen molar-refractivity contribution in [1.29, 1.82) is 0 Å². The van der Waals surface area contributed by atoms with Crippen molar-refractivity contribution < 1.29 is 8.42 Å². The summed E-state index contributed by atoms with van der Waals surface area (Å²) in [5, 5.41) is 3.32. The monoisotopic (exact) mass is 258 g/mol. The zero-order valence-electron chi connectivity index (χ0n) is 10.6. The summed E-state index contributed by atoms with van der Waals surface area (Å²) in [4.78, 5) is 0. The van der Waals surface area contributed by atoms with Crippen LogP contribution in [0.1, 0.15) is 25.8 Å². The minimum atomic E-state index is -2.87. The number of sulfone groups is 1. The third-order valence-corrected chi connectivity index (χ3v) is 4.35. The number of aryl methyl sites for hydroxylation is 1. The molecule has 17 heavy (non-hydrogen) atoms. The van der Waals surface area contributed by atoms with E-state index in [1.807, 2.05) is 23.0 Å². The first kappa shape index (κ1) is 14.3. The second-order valence-electron chi connectivity index (χ2n) is 4.17. The minimum absolute atomic E-state index is 0.221. The van der Waals surface area contributed by atoms with E-state index in [2.05, 4.69) is 12.2 Å². The molecular weight excluding hydrogens is 236 g/mol. The van der Waals surface area contributed by atoms with Gasteiger partial charge in [-0.05, 0) is 24.6 Å². The maximum atomic E-state index is 11.4. The zero-order chi connectivity index (χ0) is 12.7. The van der Waals surface area contributed by atoms with Gasteiger partial charge in [0.1, 0.15) is 0 Å². The molecule has 1 heterocycles. The fraction of sp³-hybridized carbons (Fsp3) is 0.667. The molecule has 0 unspecified atom stereocenters. The number of nitrogens with one attached hydrogen (secondary N) is 1. The van der Waals surface area contributed by atoms with Gasteiger partial charge in [0.15, 0.2) is 9.84 Å². The Labute approximate surface area is 104 Å². The Kier molecular flexibility index (Phi) is 5.71. The summed E-state index contributed by atoms with van der Waals surface area (Å²) in [6.07, 6.45) is 5.07. The fourth-order valence-corrected chi connectivity index (χ4v) is 2.31. The van der Waals surface area contributed by atoms with Gasteiger partial charge in [-0.25, -0.2) is 8.42 Å². The second kappa shape index (κ2) is 6.81. The van der Waals surface area contributed by atoms with Gasteiger partial charge in [0.05, 0.1) is 5.75 Å². The van der Waals surface area contributed by atoms with Crippen LogP contribution < -0.4 is 5.32 Å². The lowest BCUT2D eigenvalue weighted by Crippen LogP contribution is -2.14. The summed E-state index contributed by atoms with van der Waals surface area (Å²) < 4.78 is 24.7. The van der Waals surface area contributed by atoms with Crippen LogP contribution >= 0.6 is 0 Å². The van der Waals surface area contributed by atoms with Gasteiger partial charge in [0.25, 0.3) is 0 Å². The summed E-state index contributed by atoms with van der Waals surface area (Å²) in [5.41, 5.74) is 1.20. The highest BCUT2D eigenvalue weighted by atomic mass is 32.2. The molecule has 0 amide bonds. The van der Waals surface area contributed by atoms with Crippen molar-refractivity contribution in [1.82, 2.24) is 9.88 Å². The minimum Gasteiger partial charge on any atom is -0.353 e. The standard InChI is InChI=1S/C12H22N2O2S/c1-3-6-13-10-12-5-7-14(11-12)8-9-17(15,16)4-2/h5,7,11,13H,3-4,6,8-10H2,1-2H3. The Morgan fingerprint density at radius 3 is 2.76 bits per heavy atom. The molecule has 98 valence electrons. The molecule has 0 aliphatic heterocycles. The van der Waals surface area contributed by atoms with Crippen LogP contribution in [0.4, 0.5) is 0 Å². The van der Waals surface area contributed by atoms with E-state index in [4.69, 9.17) is 0 Å². The molecule has 0 atom stereocenters. The van der Waals surface area contributed by atoms with Gasteiger partial charge >= 0.3 is 0 Å². The highest BCUT2D eigenvalue weighted by molar-refractivity contribution is 7.91. The van der Waals surface area contributed by atoms with E-state index in [0.29, 0.717) is 6.54 Å². The second-order valence-corrected chi connectivity index (χ2v) is 6.64. The molecule has 0 fully saturated rings. The number of aromatic nitrogens is 1. The van der Waals surface area contributed by atoms with Crippen molar-refractivity contribution in [2.45, 2.75) is 33.4 Å². The summed E-state index contributed by atoms with van der Waals surface area (Å²) in [6, 6.07) is 2.03. The summed E-state index contributed by atoms with van der Waals surface area (Å²) in [6.45, 7) is 6.22. The molecule has 1 aromatic rings. The first-order chi connectivity index (χ1) is 8.07. The lowest BCUT2D eigenvalue weighted by Gasteiger charge is -2.03. The number of rotatable bonds is 8. The molecule has 0 saturated heterocycles. The van der Waals surface area contributed by atoms with E-state index >= 15 is 0 Å². The molecule has 0 saturated carbocycles. The molecule has 0 spiro atoms. The van der Waals surface area contributed by atoms with Crippen LogP contribution in [0.15, 0.2) is 18.5 Å². The number of hydrogen-bond donors (Lipinski definition) is 1. The van der Waals surface area contributed by atoms with Crippen LogP contribution in [0.5, 0.6) is 0 Å². The van der Waals surface area contributed by atoms with E-state index in [9.17, 15) is 8.42 Å². The number of nitrogens with zero attached hydrogens (tertiary/aromatic N) is 1. The van der Waals surface area contributed by atoms with Gasteiger partial charge < -0.3 is 9.88 Å². The molecule has 5 heteroatoms. The highest BCUT2D eigenvalue weighted by Gasteiger charge is 2.07. The van der Waals surface area contributed by atoms with Crippen molar-refractivity contribution in [3.05, 3.63) is 24.0 Å². The van der Waals surface area contributed by atoms with Crippen LogP contribution in [-0.2, 0) is 22.9 Å². The van der Waals surface area contributed by atoms with Gasteiger partial charge in [-0.3, -0.25) is 0 Å². The first-order valence-corrected chi connectivity index (χ1v) is 7.95. The molecule has 1 aromatic heterocycles. The highest BCUT2D eigenvalue weighted by Crippen LogP contribution is 2.02. The molecule has 0 bridgehead atoms. The Morgan fingerprint density at radius 1 is 1.35 bits per heavy atom. The topological polar surface area (TPSA) is 51.1 Å². The third kappa shape index (κ3) is 5.37. The maximum absolute atomic E-state index is 11.4.